The van der Waals surface area contributed by atoms with E-state index in [0.29, 0.717) is 5.56 Å². The quantitative estimate of drug-likeness (QED) is 0.687. The minimum Gasteiger partial charge on any atom is -0.460 e. The van der Waals surface area contributed by atoms with Gasteiger partial charge in [0.25, 0.3) is 0 Å². The largest absolute Gasteiger partial charge is 0.460 e. The van der Waals surface area contributed by atoms with Gasteiger partial charge in [-0.1, -0.05) is 12.1 Å². The smallest absolute Gasteiger partial charge is 0.320 e. The second-order valence-electron chi connectivity index (χ2n) is 2.62. The van der Waals surface area contributed by atoms with Crippen molar-refractivity contribution in [2.24, 2.45) is 0 Å². The SMILES string of the molecule is N#CCC(=O)OCc1ccc(F)cc1. The second-order valence-corrected chi connectivity index (χ2v) is 2.62. The number of hydrogen-bond donors (Lipinski definition) is 0. The van der Waals surface area contributed by atoms with Crippen molar-refractivity contribution >= 4 is 5.97 Å². The van der Waals surface area contributed by atoms with Crippen LogP contribution in [0.2, 0.25) is 0 Å². The lowest BCUT2D eigenvalue weighted by Crippen LogP contribution is -2.02. The normalized spacial score (nSPS) is 9.14. The molecule has 72 valence electrons. The van der Waals surface area contributed by atoms with Crippen molar-refractivity contribution in [2.45, 2.75) is 13.0 Å². The summed E-state index contributed by atoms with van der Waals surface area (Å²) in [6, 6.07) is 7.29. The fraction of sp³-hybridized carbons (Fsp3) is 0.200. The van der Waals surface area contributed by atoms with E-state index in [1.807, 2.05) is 0 Å². The highest BCUT2D eigenvalue weighted by Crippen LogP contribution is 2.04. The first-order valence-electron chi connectivity index (χ1n) is 3.99. The minimum absolute atomic E-state index is 0.0702. The molecule has 0 aliphatic rings. The van der Waals surface area contributed by atoms with E-state index in [1.54, 1.807) is 6.07 Å². The summed E-state index contributed by atoms with van der Waals surface area (Å²) in [7, 11) is 0. The second kappa shape index (κ2) is 4.97. The Morgan fingerprint density at radius 3 is 2.64 bits per heavy atom. The van der Waals surface area contributed by atoms with Gasteiger partial charge in [0.15, 0.2) is 0 Å². The number of benzene rings is 1. The van der Waals surface area contributed by atoms with Crippen LogP contribution in [0.4, 0.5) is 4.39 Å². The molecule has 4 heteroatoms. The van der Waals surface area contributed by atoms with Crippen LogP contribution in [0.25, 0.3) is 0 Å². The zero-order valence-corrected chi connectivity index (χ0v) is 7.37. The van der Waals surface area contributed by atoms with Crippen LogP contribution in [0.1, 0.15) is 12.0 Å². The Labute approximate surface area is 80.7 Å². The number of rotatable bonds is 3. The molecule has 0 unspecified atom stereocenters. The Bertz CT molecular complexity index is 353. The summed E-state index contributed by atoms with van der Waals surface area (Å²) in [5.41, 5.74) is 0.692. The number of carbonyl (C=O) groups is 1. The Morgan fingerprint density at radius 2 is 2.07 bits per heavy atom. The van der Waals surface area contributed by atoms with E-state index >= 15 is 0 Å². The maximum atomic E-state index is 12.5. The highest BCUT2D eigenvalue weighted by Gasteiger charge is 2.01. The lowest BCUT2D eigenvalue weighted by Gasteiger charge is -2.01. The van der Waals surface area contributed by atoms with Crippen molar-refractivity contribution in [3.05, 3.63) is 35.6 Å². The Hall–Kier alpha value is -1.89. The lowest BCUT2D eigenvalue weighted by atomic mass is 10.2. The molecule has 0 aliphatic carbocycles. The highest BCUT2D eigenvalue weighted by atomic mass is 19.1. The molecule has 0 aromatic heterocycles. The van der Waals surface area contributed by atoms with Crippen LogP contribution in [0.3, 0.4) is 0 Å². The van der Waals surface area contributed by atoms with Gasteiger partial charge in [0, 0.05) is 0 Å². The van der Waals surface area contributed by atoms with Gasteiger partial charge < -0.3 is 4.74 Å². The molecule has 1 aromatic carbocycles. The molecule has 0 spiro atoms. The molecule has 0 atom stereocenters. The molecule has 0 aliphatic heterocycles. The number of hydrogen-bond acceptors (Lipinski definition) is 3. The standard InChI is InChI=1S/C10H8FNO2/c11-9-3-1-8(2-4-9)7-14-10(13)5-6-12/h1-4H,5,7H2. The molecule has 0 N–H and O–H groups in total. The first-order chi connectivity index (χ1) is 6.72. The van der Waals surface area contributed by atoms with Crippen molar-refractivity contribution in [3.8, 4) is 6.07 Å². The van der Waals surface area contributed by atoms with E-state index in [2.05, 4.69) is 0 Å². The summed E-state index contributed by atoms with van der Waals surface area (Å²) in [5, 5.41) is 8.17. The third kappa shape index (κ3) is 3.23. The molecule has 0 radical (unpaired) electrons. The van der Waals surface area contributed by atoms with Crippen molar-refractivity contribution in [1.82, 2.24) is 0 Å². The molecule has 3 nitrogen and oxygen atoms in total. The number of nitrogens with zero attached hydrogens (tertiary/aromatic N) is 1. The molecule has 1 aromatic rings. The maximum absolute atomic E-state index is 12.5. The first-order valence-corrected chi connectivity index (χ1v) is 3.99. The monoisotopic (exact) mass is 193 g/mol. The summed E-state index contributed by atoms with van der Waals surface area (Å²) in [5.74, 6) is -0.908. The molecule has 0 heterocycles. The van der Waals surface area contributed by atoms with Gasteiger partial charge >= 0.3 is 5.97 Å². The number of halogens is 1. The van der Waals surface area contributed by atoms with Crippen LogP contribution >= 0.6 is 0 Å². The zero-order valence-electron chi connectivity index (χ0n) is 7.37. The third-order valence-corrected chi connectivity index (χ3v) is 1.54. The Balaban J connectivity index is 2.43. The van der Waals surface area contributed by atoms with Crippen LogP contribution < -0.4 is 0 Å². The third-order valence-electron chi connectivity index (χ3n) is 1.54. The summed E-state index contributed by atoms with van der Waals surface area (Å²) in [4.78, 5) is 10.8. The molecule has 0 saturated carbocycles. The average Bonchev–Trinajstić information content (AvgIpc) is 2.17. The van der Waals surface area contributed by atoms with Gasteiger partial charge in [-0.15, -0.1) is 0 Å². The summed E-state index contributed by atoms with van der Waals surface area (Å²) in [6.45, 7) is 0.0702. The van der Waals surface area contributed by atoms with Gasteiger partial charge in [0.2, 0.25) is 0 Å². The molecule has 0 fully saturated rings. The van der Waals surface area contributed by atoms with Gasteiger partial charge in [0.1, 0.15) is 18.8 Å². The fourth-order valence-corrected chi connectivity index (χ4v) is 0.860. The predicted molar refractivity (Wildman–Crippen MR) is 46.4 cm³/mol. The van der Waals surface area contributed by atoms with Gasteiger partial charge in [-0.2, -0.15) is 5.26 Å². The van der Waals surface area contributed by atoms with E-state index in [9.17, 15) is 9.18 Å². The minimum atomic E-state index is -0.572. The van der Waals surface area contributed by atoms with Gasteiger partial charge in [0.05, 0.1) is 6.07 Å². The summed E-state index contributed by atoms with van der Waals surface area (Å²) < 4.78 is 17.2. The average molecular weight is 193 g/mol. The summed E-state index contributed by atoms with van der Waals surface area (Å²) in [6.07, 6.45) is -0.263. The lowest BCUT2D eigenvalue weighted by molar-refractivity contribution is -0.143. The Kier molecular flexibility index (Phi) is 3.62. The van der Waals surface area contributed by atoms with Crippen LogP contribution in [0, 0.1) is 17.1 Å². The Morgan fingerprint density at radius 1 is 1.43 bits per heavy atom. The van der Waals surface area contributed by atoms with E-state index < -0.39 is 5.97 Å². The van der Waals surface area contributed by atoms with Gasteiger partial charge in [-0.05, 0) is 17.7 Å². The number of esters is 1. The van der Waals surface area contributed by atoms with Crippen molar-refractivity contribution < 1.29 is 13.9 Å². The zero-order chi connectivity index (χ0) is 10.4. The molecule has 1 rings (SSSR count). The first kappa shape index (κ1) is 10.2. The topological polar surface area (TPSA) is 50.1 Å². The molecule has 0 amide bonds. The molecular formula is C10H8FNO2. The van der Waals surface area contributed by atoms with Gasteiger partial charge in [-0.25, -0.2) is 4.39 Å². The predicted octanol–water partition coefficient (Wildman–Crippen LogP) is 1.78. The van der Waals surface area contributed by atoms with Gasteiger partial charge in [-0.3, -0.25) is 4.79 Å². The molecule has 14 heavy (non-hydrogen) atoms. The van der Waals surface area contributed by atoms with Crippen LogP contribution in [0.15, 0.2) is 24.3 Å². The number of nitriles is 1. The maximum Gasteiger partial charge on any atom is 0.320 e. The van der Waals surface area contributed by atoms with Crippen molar-refractivity contribution in [2.75, 3.05) is 0 Å². The van der Waals surface area contributed by atoms with E-state index in [1.165, 1.54) is 24.3 Å². The van der Waals surface area contributed by atoms with Crippen LogP contribution in [0.5, 0.6) is 0 Å². The highest BCUT2D eigenvalue weighted by molar-refractivity contribution is 5.71. The van der Waals surface area contributed by atoms with Crippen molar-refractivity contribution in [1.29, 1.82) is 5.26 Å². The van der Waals surface area contributed by atoms with Crippen molar-refractivity contribution in [3.63, 3.8) is 0 Å². The number of ether oxygens (including phenoxy) is 1. The summed E-state index contributed by atoms with van der Waals surface area (Å²) >= 11 is 0. The molecule has 0 saturated heterocycles. The molecule has 0 bridgehead atoms. The van der Waals surface area contributed by atoms with Crippen LogP contribution in [-0.2, 0) is 16.1 Å². The number of carbonyl (C=O) groups excluding carboxylic acids is 1. The fourth-order valence-electron chi connectivity index (χ4n) is 0.860. The van der Waals surface area contributed by atoms with Crippen LogP contribution in [-0.4, -0.2) is 5.97 Å². The van der Waals surface area contributed by atoms with E-state index in [0.717, 1.165) is 0 Å². The van der Waals surface area contributed by atoms with E-state index in [4.69, 9.17) is 10.00 Å². The van der Waals surface area contributed by atoms with E-state index in [-0.39, 0.29) is 18.8 Å². The molecular weight excluding hydrogens is 185 g/mol.